The summed E-state index contributed by atoms with van der Waals surface area (Å²) in [5.74, 6) is 2.65. The molecule has 1 fully saturated rings. The summed E-state index contributed by atoms with van der Waals surface area (Å²) in [5, 5.41) is 10.2. The van der Waals surface area contributed by atoms with Crippen LogP contribution >= 0.6 is 0 Å². The van der Waals surface area contributed by atoms with Crippen molar-refractivity contribution in [3.63, 3.8) is 0 Å². The summed E-state index contributed by atoms with van der Waals surface area (Å²) >= 11 is 0. The Hall–Kier alpha value is -1.18. The molecule has 0 aromatic heterocycles. The van der Waals surface area contributed by atoms with Crippen molar-refractivity contribution < 1.29 is 9.84 Å². The summed E-state index contributed by atoms with van der Waals surface area (Å²) in [5.41, 5.74) is 2.13. The SMILES string of the molecule is CC(c1ccc2c(c1O)CCO2)C1CC1. The number of phenolic OH excluding ortho intramolecular Hbond substituents is 1. The van der Waals surface area contributed by atoms with E-state index < -0.39 is 0 Å². The minimum atomic E-state index is 0.490. The summed E-state index contributed by atoms with van der Waals surface area (Å²) in [6.45, 7) is 2.93. The van der Waals surface area contributed by atoms with E-state index in [9.17, 15) is 5.11 Å². The molecule has 1 aliphatic heterocycles. The first-order valence-corrected chi connectivity index (χ1v) is 5.75. The van der Waals surface area contributed by atoms with E-state index in [1.165, 1.54) is 12.8 Å². The number of ether oxygens (including phenoxy) is 1. The Morgan fingerprint density at radius 3 is 2.93 bits per heavy atom. The second kappa shape index (κ2) is 3.16. The van der Waals surface area contributed by atoms with Crippen LogP contribution in [0.4, 0.5) is 0 Å². The molecule has 2 aliphatic rings. The van der Waals surface area contributed by atoms with Crippen molar-refractivity contribution in [2.75, 3.05) is 6.61 Å². The van der Waals surface area contributed by atoms with Gasteiger partial charge in [-0.1, -0.05) is 13.0 Å². The van der Waals surface area contributed by atoms with Gasteiger partial charge in [-0.25, -0.2) is 0 Å². The van der Waals surface area contributed by atoms with Crippen LogP contribution in [-0.2, 0) is 6.42 Å². The van der Waals surface area contributed by atoms with E-state index in [0.29, 0.717) is 18.3 Å². The lowest BCUT2D eigenvalue weighted by atomic mass is 9.93. The Kier molecular flexibility index (Phi) is 1.91. The normalized spacial score (nSPS) is 20.9. The largest absolute Gasteiger partial charge is 0.507 e. The van der Waals surface area contributed by atoms with Crippen LogP contribution in [0.3, 0.4) is 0 Å². The first-order chi connectivity index (χ1) is 7.27. The van der Waals surface area contributed by atoms with Gasteiger partial charge in [0.15, 0.2) is 0 Å². The van der Waals surface area contributed by atoms with Crippen molar-refractivity contribution in [2.24, 2.45) is 5.92 Å². The minimum absolute atomic E-state index is 0.490. The molecule has 1 aromatic carbocycles. The summed E-state index contributed by atoms with van der Waals surface area (Å²) in [6.07, 6.45) is 3.48. The van der Waals surface area contributed by atoms with Gasteiger partial charge in [-0.3, -0.25) is 0 Å². The summed E-state index contributed by atoms with van der Waals surface area (Å²) < 4.78 is 5.43. The second-order valence-corrected chi connectivity index (χ2v) is 4.70. The van der Waals surface area contributed by atoms with Crippen LogP contribution in [0.15, 0.2) is 12.1 Å². The molecule has 1 aromatic rings. The van der Waals surface area contributed by atoms with Crippen LogP contribution in [0.5, 0.6) is 11.5 Å². The van der Waals surface area contributed by atoms with E-state index in [-0.39, 0.29) is 0 Å². The van der Waals surface area contributed by atoms with Crippen LogP contribution < -0.4 is 4.74 Å². The van der Waals surface area contributed by atoms with Gasteiger partial charge in [0.05, 0.1) is 6.61 Å². The average Bonchev–Trinajstić information content (AvgIpc) is 2.97. The summed E-state index contributed by atoms with van der Waals surface area (Å²) in [6, 6.07) is 4.04. The lowest BCUT2D eigenvalue weighted by Crippen LogP contribution is -1.97. The minimum Gasteiger partial charge on any atom is -0.507 e. The Morgan fingerprint density at radius 2 is 2.20 bits per heavy atom. The predicted octanol–water partition coefficient (Wildman–Crippen LogP) is 2.84. The van der Waals surface area contributed by atoms with Crippen LogP contribution in [-0.4, -0.2) is 11.7 Å². The lowest BCUT2D eigenvalue weighted by molar-refractivity contribution is 0.356. The molecule has 1 N–H and O–H groups in total. The monoisotopic (exact) mass is 204 g/mol. The van der Waals surface area contributed by atoms with E-state index in [2.05, 4.69) is 6.92 Å². The molecule has 1 aliphatic carbocycles. The Balaban J connectivity index is 2.01. The third-order valence-electron chi connectivity index (χ3n) is 3.70. The topological polar surface area (TPSA) is 29.5 Å². The van der Waals surface area contributed by atoms with Crippen LogP contribution in [0, 0.1) is 5.92 Å². The fraction of sp³-hybridized carbons (Fsp3) is 0.538. The van der Waals surface area contributed by atoms with E-state index in [1.807, 2.05) is 12.1 Å². The molecule has 3 rings (SSSR count). The summed E-state index contributed by atoms with van der Waals surface area (Å²) in [4.78, 5) is 0. The van der Waals surface area contributed by atoms with Gasteiger partial charge in [0.25, 0.3) is 0 Å². The number of hydrogen-bond donors (Lipinski definition) is 1. The quantitative estimate of drug-likeness (QED) is 0.802. The lowest BCUT2D eigenvalue weighted by Gasteiger charge is -2.14. The zero-order valence-electron chi connectivity index (χ0n) is 8.99. The number of aromatic hydroxyl groups is 1. The van der Waals surface area contributed by atoms with E-state index in [4.69, 9.17) is 4.74 Å². The molecule has 0 bridgehead atoms. The molecule has 15 heavy (non-hydrogen) atoms. The molecular formula is C13H16O2. The second-order valence-electron chi connectivity index (χ2n) is 4.70. The predicted molar refractivity (Wildman–Crippen MR) is 58.4 cm³/mol. The van der Waals surface area contributed by atoms with Crippen LogP contribution in [0.2, 0.25) is 0 Å². The Morgan fingerprint density at radius 1 is 1.40 bits per heavy atom. The van der Waals surface area contributed by atoms with Gasteiger partial charge in [-0.2, -0.15) is 0 Å². The van der Waals surface area contributed by atoms with Gasteiger partial charge in [-0.05, 0) is 36.3 Å². The maximum absolute atomic E-state index is 10.2. The molecule has 0 radical (unpaired) electrons. The van der Waals surface area contributed by atoms with Crippen molar-refractivity contribution in [3.8, 4) is 11.5 Å². The van der Waals surface area contributed by atoms with Gasteiger partial charge in [0, 0.05) is 12.0 Å². The maximum Gasteiger partial charge on any atom is 0.126 e. The van der Waals surface area contributed by atoms with Gasteiger partial charge >= 0.3 is 0 Å². The standard InChI is InChI=1S/C13H16O2/c1-8(9-2-3-9)10-4-5-12-11(13(10)14)6-7-15-12/h4-5,8-9,14H,2-3,6-7H2,1H3. The molecule has 1 heterocycles. The fourth-order valence-corrected chi connectivity index (χ4v) is 2.49. The zero-order chi connectivity index (χ0) is 10.4. The molecule has 2 heteroatoms. The van der Waals surface area contributed by atoms with Gasteiger partial charge < -0.3 is 9.84 Å². The molecule has 1 unspecified atom stereocenters. The zero-order valence-corrected chi connectivity index (χ0v) is 8.99. The van der Waals surface area contributed by atoms with Gasteiger partial charge in [0.1, 0.15) is 11.5 Å². The number of fused-ring (bicyclic) bond motifs is 1. The molecule has 1 saturated carbocycles. The van der Waals surface area contributed by atoms with Gasteiger partial charge in [0.2, 0.25) is 0 Å². The first-order valence-electron chi connectivity index (χ1n) is 5.75. The number of phenols is 1. The van der Waals surface area contributed by atoms with Crippen molar-refractivity contribution in [1.82, 2.24) is 0 Å². The maximum atomic E-state index is 10.2. The highest BCUT2D eigenvalue weighted by Gasteiger charge is 2.31. The third-order valence-corrected chi connectivity index (χ3v) is 3.70. The molecule has 0 spiro atoms. The van der Waals surface area contributed by atoms with Gasteiger partial charge in [-0.15, -0.1) is 0 Å². The highest BCUT2D eigenvalue weighted by molar-refractivity contribution is 5.52. The summed E-state index contributed by atoms with van der Waals surface area (Å²) in [7, 11) is 0. The van der Waals surface area contributed by atoms with Crippen LogP contribution in [0.25, 0.3) is 0 Å². The average molecular weight is 204 g/mol. The van der Waals surface area contributed by atoms with Crippen molar-refractivity contribution in [1.29, 1.82) is 0 Å². The highest BCUT2D eigenvalue weighted by atomic mass is 16.5. The van der Waals surface area contributed by atoms with E-state index in [1.54, 1.807) is 0 Å². The Bertz CT molecular complexity index is 394. The number of hydrogen-bond acceptors (Lipinski definition) is 2. The molecule has 2 nitrogen and oxygen atoms in total. The molecule has 0 saturated heterocycles. The van der Waals surface area contributed by atoms with Crippen molar-refractivity contribution in [3.05, 3.63) is 23.3 Å². The van der Waals surface area contributed by atoms with Crippen LogP contribution in [0.1, 0.15) is 36.8 Å². The highest BCUT2D eigenvalue weighted by Crippen LogP contribution is 2.47. The fourth-order valence-electron chi connectivity index (χ4n) is 2.49. The first kappa shape index (κ1) is 9.08. The molecule has 1 atom stereocenters. The molecule has 80 valence electrons. The van der Waals surface area contributed by atoms with E-state index in [0.717, 1.165) is 29.2 Å². The number of benzene rings is 1. The van der Waals surface area contributed by atoms with E-state index >= 15 is 0 Å². The number of rotatable bonds is 2. The van der Waals surface area contributed by atoms with Crippen molar-refractivity contribution in [2.45, 2.75) is 32.1 Å². The molecular weight excluding hydrogens is 188 g/mol. The Labute approximate surface area is 89.9 Å². The third kappa shape index (κ3) is 1.39. The molecule has 0 amide bonds. The van der Waals surface area contributed by atoms with Crippen molar-refractivity contribution >= 4 is 0 Å². The smallest absolute Gasteiger partial charge is 0.126 e.